The molecule has 2 rings (SSSR count). The molecular weight excluding hydrogens is 240 g/mol. The smallest absolute Gasteiger partial charge is 0.254 e. The Bertz CT molecular complexity index is 397. The van der Waals surface area contributed by atoms with Gasteiger partial charge in [-0.15, -0.1) is 0 Å². The van der Waals surface area contributed by atoms with Crippen LogP contribution in [0.15, 0.2) is 24.3 Å². The van der Waals surface area contributed by atoms with Crippen LogP contribution in [0.5, 0.6) is 0 Å². The zero-order chi connectivity index (χ0) is 13.5. The van der Waals surface area contributed by atoms with Gasteiger partial charge in [0.05, 0.1) is 6.61 Å². The Morgan fingerprint density at radius 3 is 2.84 bits per heavy atom. The molecule has 104 valence electrons. The lowest BCUT2D eigenvalue weighted by Gasteiger charge is -2.22. The number of morpholine rings is 1. The average Bonchev–Trinajstić information content (AvgIpc) is 2.47. The summed E-state index contributed by atoms with van der Waals surface area (Å²) < 4.78 is 5.41. The van der Waals surface area contributed by atoms with Crippen LogP contribution < -0.4 is 10.6 Å². The van der Waals surface area contributed by atoms with Gasteiger partial charge in [-0.2, -0.15) is 0 Å². The molecule has 2 N–H and O–H groups in total. The number of benzene rings is 1. The molecule has 4 heteroatoms. The largest absolute Gasteiger partial charge is 0.366 e. The summed E-state index contributed by atoms with van der Waals surface area (Å²) in [5.74, 6) is -0.0755. The maximum Gasteiger partial charge on any atom is 0.254 e. The highest BCUT2D eigenvalue weighted by atomic mass is 16.5. The van der Waals surface area contributed by atoms with Gasteiger partial charge in [0, 0.05) is 18.8 Å². The van der Waals surface area contributed by atoms with E-state index in [2.05, 4.69) is 29.7 Å². The Labute approximate surface area is 114 Å². The predicted octanol–water partition coefficient (Wildman–Crippen LogP) is 1.96. The van der Waals surface area contributed by atoms with Gasteiger partial charge in [-0.1, -0.05) is 25.5 Å². The lowest BCUT2D eigenvalue weighted by Crippen LogP contribution is -2.45. The fourth-order valence-electron chi connectivity index (χ4n) is 2.09. The molecule has 4 nitrogen and oxygen atoms in total. The first-order valence-corrected chi connectivity index (χ1v) is 7.01. The Morgan fingerprint density at radius 1 is 1.42 bits per heavy atom. The molecule has 19 heavy (non-hydrogen) atoms. The van der Waals surface area contributed by atoms with E-state index in [1.54, 1.807) is 0 Å². The van der Waals surface area contributed by atoms with E-state index in [0.717, 1.165) is 18.7 Å². The molecule has 1 aromatic rings. The molecule has 0 bridgehead atoms. The minimum atomic E-state index is -0.381. The highest BCUT2D eigenvalue weighted by Gasteiger charge is 2.21. The van der Waals surface area contributed by atoms with Crippen LogP contribution in [0, 0.1) is 0 Å². The van der Waals surface area contributed by atoms with Gasteiger partial charge in [-0.05, 0) is 30.5 Å². The molecule has 1 heterocycles. The average molecular weight is 262 g/mol. The van der Waals surface area contributed by atoms with Crippen molar-refractivity contribution in [2.24, 2.45) is 0 Å². The molecule has 0 radical (unpaired) electrons. The summed E-state index contributed by atoms with van der Waals surface area (Å²) >= 11 is 0. The molecule has 1 amide bonds. The number of amides is 1. The van der Waals surface area contributed by atoms with Crippen LogP contribution in [0.1, 0.15) is 25.3 Å². The number of hydrogen-bond donors (Lipinski definition) is 2. The van der Waals surface area contributed by atoms with Gasteiger partial charge < -0.3 is 15.4 Å². The zero-order valence-electron chi connectivity index (χ0n) is 11.4. The number of unbranched alkanes of at least 4 members (excludes halogenated alkanes) is 1. The minimum Gasteiger partial charge on any atom is -0.366 e. The SMILES string of the molecule is CCCCc1ccc(NC(=O)C2CNCCO2)cc1. The van der Waals surface area contributed by atoms with Gasteiger partial charge in [-0.3, -0.25) is 4.79 Å². The van der Waals surface area contributed by atoms with Crippen LogP contribution in [0.2, 0.25) is 0 Å². The van der Waals surface area contributed by atoms with Crippen LogP contribution >= 0.6 is 0 Å². The molecule has 0 spiro atoms. The van der Waals surface area contributed by atoms with E-state index in [1.807, 2.05) is 12.1 Å². The van der Waals surface area contributed by atoms with Crippen molar-refractivity contribution in [2.45, 2.75) is 32.3 Å². The number of anilines is 1. The van der Waals surface area contributed by atoms with Gasteiger partial charge in [0.25, 0.3) is 5.91 Å². The van der Waals surface area contributed by atoms with Gasteiger partial charge in [0.1, 0.15) is 6.10 Å². The highest BCUT2D eigenvalue weighted by molar-refractivity contribution is 5.94. The third-order valence-corrected chi connectivity index (χ3v) is 3.26. The fourth-order valence-corrected chi connectivity index (χ4v) is 2.09. The molecular formula is C15H22N2O2. The lowest BCUT2D eigenvalue weighted by atomic mass is 10.1. The standard InChI is InChI=1S/C15H22N2O2/c1-2-3-4-12-5-7-13(8-6-12)17-15(18)14-11-16-9-10-19-14/h5-8,14,16H,2-4,9-11H2,1H3,(H,17,18). The molecule has 0 aliphatic carbocycles. The van der Waals surface area contributed by atoms with Crippen molar-refractivity contribution >= 4 is 11.6 Å². The first-order valence-electron chi connectivity index (χ1n) is 7.01. The lowest BCUT2D eigenvalue weighted by molar-refractivity contribution is -0.128. The van der Waals surface area contributed by atoms with Gasteiger partial charge >= 0.3 is 0 Å². The second-order valence-corrected chi connectivity index (χ2v) is 4.85. The maximum absolute atomic E-state index is 11.9. The molecule has 1 fully saturated rings. The Balaban J connectivity index is 1.86. The second kappa shape index (κ2) is 7.26. The summed E-state index contributed by atoms with van der Waals surface area (Å²) in [5.41, 5.74) is 2.15. The zero-order valence-corrected chi connectivity index (χ0v) is 11.4. The van der Waals surface area contributed by atoms with Crippen molar-refractivity contribution in [2.75, 3.05) is 25.0 Å². The molecule has 0 saturated carbocycles. The van der Waals surface area contributed by atoms with E-state index in [4.69, 9.17) is 4.74 Å². The van der Waals surface area contributed by atoms with Crippen LogP contribution in [-0.2, 0) is 16.0 Å². The van der Waals surface area contributed by atoms with E-state index >= 15 is 0 Å². The number of hydrogen-bond acceptors (Lipinski definition) is 3. The summed E-state index contributed by atoms with van der Waals surface area (Å²) in [6, 6.07) is 8.06. The van der Waals surface area contributed by atoms with Gasteiger partial charge in [-0.25, -0.2) is 0 Å². The summed E-state index contributed by atoms with van der Waals surface area (Å²) in [6.07, 6.45) is 3.12. The molecule has 1 saturated heterocycles. The van der Waals surface area contributed by atoms with Crippen molar-refractivity contribution in [3.8, 4) is 0 Å². The number of carbonyl (C=O) groups is 1. The maximum atomic E-state index is 11.9. The van der Waals surface area contributed by atoms with E-state index in [-0.39, 0.29) is 12.0 Å². The molecule has 1 aliphatic heterocycles. The van der Waals surface area contributed by atoms with E-state index < -0.39 is 0 Å². The van der Waals surface area contributed by atoms with Crippen molar-refractivity contribution in [1.82, 2.24) is 5.32 Å². The van der Waals surface area contributed by atoms with Crippen molar-refractivity contribution in [1.29, 1.82) is 0 Å². The van der Waals surface area contributed by atoms with E-state index in [9.17, 15) is 4.79 Å². The fraction of sp³-hybridized carbons (Fsp3) is 0.533. The number of ether oxygens (including phenoxy) is 1. The molecule has 1 atom stereocenters. The Morgan fingerprint density at radius 2 is 2.21 bits per heavy atom. The van der Waals surface area contributed by atoms with Crippen LogP contribution in [0.3, 0.4) is 0 Å². The Kier molecular flexibility index (Phi) is 5.36. The molecule has 1 aromatic carbocycles. The van der Waals surface area contributed by atoms with E-state index in [1.165, 1.54) is 18.4 Å². The van der Waals surface area contributed by atoms with Gasteiger partial charge in [0.2, 0.25) is 0 Å². The third-order valence-electron chi connectivity index (χ3n) is 3.26. The number of aryl methyl sites for hydroxylation is 1. The van der Waals surface area contributed by atoms with Crippen molar-refractivity contribution in [3.63, 3.8) is 0 Å². The third kappa shape index (κ3) is 4.33. The summed E-state index contributed by atoms with van der Waals surface area (Å²) in [5, 5.41) is 6.04. The highest BCUT2D eigenvalue weighted by Crippen LogP contribution is 2.12. The first-order chi connectivity index (χ1) is 9.29. The molecule has 0 aromatic heterocycles. The van der Waals surface area contributed by atoms with Crippen molar-refractivity contribution in [3.05, 3.63) is 29.8 Å². The van der Waals surface area contributed by atoms with Crippen molar-refractivity contribution < 1.29 is 9.53 Å². The predicted molar refractivity (Wildman–Crippen MR) is 76.3 cm³/mol. The summed E-state index contributed by atoms with van der Waals surface area (Å²) in [4.78, 5) is 11.9. The normalized spacial score (nSPS) is 19.1. The molecule has 1 aliphatic rings. The second-order valence-electron chi connectivity index (χ2n) is 4.85. The molecule has 1 unspecified atom stereocenters. The number of nitrogens with one attached hydrogen (secondary N) is 2. The van der Waals surface area contributed by atoms with Crippen LogP contribution in [0.4, 0.5) is 5.69 Å². The summed E-state index contributed by atoms with van der Waals surface area (Å²) in [6.45, 7) is 4.18. The quantitative estimate of drug-likeness (QED) is 0.853. The van der Waals surface area contributed by atoms with Gasteiger partial charge in [0.15, 0.2) is 0 Å². The number of rotatable bonds is 5. The van der Waals surface area contributed by atoms with E-state index in [0.29, 0.717) is 13.2 Å². The number of carbonyl (C=O) groups excluding carboxylic acids is 1. The summed E-state index contributed by atoms with van der Waals surface area (Å²) in [7, 11) is 0. The van der Waals surface area contributed by atoms with Crippen LogP contribution in [0.25, 0.3) is 0 Å². The monoisotopic (exact) mass is 262 g/mol. The van der Waals surface area contributed by atoms with Crippen LogP contribution in [-0.4, -0.2) is 31.7 Å². The first kappa shape index (κ1) is 14.0. The topological polar surface area (TPSA) is 50.4 Å². The minimum absolute atomic E-state index is 0.0755. The Hall–Kier alpha value is -1.39.